The highest BCUT2D eigenvalue weighted by Gasteiger charge is 2.24. The van der Waals surface area contributed by atoms with Crippen LogP contribution in [0.4, 0.5) is 0 Å². The fraction of sp³-hybridized carbons (Fsp3) is 0.750. The summed E-state index contributed by atoms with van der Waals surface area (Å²) in [6.45, 7) is 2.03. The van der Waals surface area contributed by atoms with Crippen molar-refractivity contribution in [3.8, 4) is 0 Å². The molecule has 16 heavy (non-hydrogen) atoms. The molecular formula is C12H21N3S. The van der Waals surface area contributed by atoms with Crippen LogP contribution in [-0.2, 0) is 0 Å². The Kier molecular flexibility index (Phi) is 3.92. The average molecular weight is 239 g/mol. The van der Waals surface area contributed by atoms with Crippen molar-refractivity contribution in [2.24, 2.45) is 5.73 Å². The summed E-state index contributed by atoms with van der Waals surface area (Å²) in [5.74, 6) is 0. The van der Waals surface area contributed by atoms with Crippen LogP contribution in [0.15, 0.2) is 12.5 Å². The van der Waals surface area contributed by atoms with E-state index in [1.54, 1.807) is 0 Å². The van der Waals surface area contributed by atoms with Crippen molar-refractivity contribution in [3.05, 3.63) is 18.2 Å². The second kappa shape index (κ2) is 5.23. The molecule has 1 fully saturated rings. The summed E-state index contributed by atoms with van der Waals surface area (Å²) in [6, 6.07) is 0.687. The topological polar surface area (TPSA) is 43.8 Å². The first-order chi connectivity index (χ1) is 7.72. The van der Waals surface area contributed by atoms with Crippen molar-refractivity contribution < 1.29 is 0 Å². The Morgan fingerprint density at radius 2 is 2.38 bits per heavy atom. The maximum absolute atomic E-state index is 5.97. The summed E-state index contributed by atoms with van der Waals surface area (Å²) >= 11 is 2.00. The summed E-state index contributed by atoms with van der Waals surface area (Å²) < 4.78 is 2.30. The van der Waals surface area contributed by atoms with Crippen molar-refractivity contribution in [1.29, 1.82) is 0 Å². The van der Waals surface area contributed by atoms with Gasteiger partial charge in [-0.05, 0) is 32.4 Å². The van der Waals surface area contributed by atoms with Gasteiger partial charge in [0.05, 0.1) is 12.0 Å². The van der Waals surface area contributed by atoms with Crippen LogP contribution in [0.2, 0.25) is 0 Å². The van der Waals surface area contributed by atoms with Crippen molar-refractivity contribution in [2.45, 2.75) is 49.9 Å². The Morgan fingerprint density at radius 1 is 1.56 bits per heavy atom. The zero-order valence-corrected chi connectivity index (χ0v) is 10.9. The molecule has 3 nitrogen and oxygen atoms in total. The van der Waals surface area contributed by atoms with Crippen molar-refractivity contribution in [2.75, 3.05) is 6.26 Å². The number of aromatic nitrogens is 2. The fourth-order valence-electron chi connectivity index (χ4n) is 2.56. The van der Waals surface area contributed by atoms with E-state index in [0.29, 0.717) is 6.04 Å². The number of thioether (sulfide) groups is 1. The van der Waals surface area contributed by atoms with E-state index < -0.39 is 0 Å². The predicted molar refractivity (Wildman–Crippen MR) is 69.6 cm³/mol. The number of hydrogen-bond donors (Lipinski definition) is 1. The Bertz CT molecular complexity index is 335. The third-order valence-electron chi connectivity index (χ3n) is 3.49. The van der Waals surface area contributed by atoms with Gasteiger partial charge in [-0.2, -0.15) is 11.8 Å². The van der Waals surface area contributed by atoms with E-state index in [0.717, 1.165) is 5.25 Å². The molecule has 0 saturated heterocycles. The first kappa shape index (κ1) is 12.0. The van der Waals surface area contributed by atoms with Gasteiger partial charge in [0.2, 0.25) is 0 Å². The van der Waals surface area contributed by atoms with Gasteiger partial charge in [-0.25, -0.2) is 4.98 Å². The lowest BCUT2D eigenvalue weighted by molar-refractivity contribution is 0.350. The van der Waals surface area contributed by atoms with Crippen molar-refractivity contribution >= 4 is 11.8 Å². The van der Waals surface area contributed by atoms with Crippen LogP contribution >= 0.6 is 11.8 Å². The zero-order chi connectivity index (χ0) is 11.5. The van der Waals surface area contributed by atoms with Gasteiger partial charge in [0.15, 0.2) is 0 Å². The molecule has 0 spiro atoms. The smallest absolute Gasteiger partial charge is 0.0951 e. The molecule has 1 heterocycles. The molecule has 1 aromatic rings. The maximum atomic E-state index is 5.97. The van der Waals surface area contributed by atoms with Gasteiger partial charge >= 0.3 is 0 Å². The molecule has 90 valence electrons. The SMILES string of the molecule is CSC1CCCC(n2cncc2[C@H](C)N)C1. The standard InChI is InChI=1S/C12H21N3S/c1-9(13)12-7-14-8-15(12)10-4-3-5-11(6-10)16-2/h7-11H,3-6,13H2,1-2H3/t9-,10?,11?/m0/s1. The first-order valence-corrected chi connectivity index (χ1v) is 7.31. The van der Waals surface area contributed by atoms with Gasteiger partial charge in [0.1, 0.15) is 0 Å². The number of nitrogens with zero attached hydrogens (tertiary/aromatic N) is 2. The molecule has 1 saturated carbocycles. The predicted octanol–water partition coefficient (Wildman–Crippen LogP) is 2.75. The minimum Gasteiger partial charge on any atom is -0.330 e. The Hall–Kier alpha value is -0.480. The normalized spacial score (nSPS) is 27.9. The van der Waals surface area contributed by atoms with Gasteiger partial charge in [0, 0.05) is 23.5 Å². The highest BCUT2D eigenvalue weighted by Crippen LogP contribution is 2.35. The minimum atomic E-state index is 0.0807. The van der Waals surface area contributed by atoms with Crippen LogP contribution < -0.4 is 5.73 Å². The highest BCUT2D eigenvalue weighted by atomic mass is 32.2. The first-order valence-electron chi connectivity index (χ1n) is 6.02. The molecule has 3 atom stereocenters. The van der Waals surface area contributed by atoms with Crippen LogP contribution in [0.3, 0.4) is 0 Å². The summed E-state index contributed by atoms with van der Waals surface area (Å²) in [4.78, 5) is 4.25. The van der Waals surface area contributed by atoms with E-state index in [-0.39, 0.29) is 6.04 Å². The molecule has 0 radical (unpaired) electrons. The van der Waals surface area contributed by atoms with Gasteiger partial charge in [-0.1, -0.05) is 6.42 Å². The molecule has 0 bridgehead atoms. The Balaban J connectivity index is 2.13. The third-order valence-corrected chi connectivity index (χ3v) is 4.58. The van der Waals surface area contributed by atoms with E-state index in [4.69, 9.17) is 5.73 Å². The average Bonchev–Trinajstić information content (AvgIpc) is 2.78. The van der Waals surface area contributed by atoms with E-state index in [9.17, 15) is 0 Å². The Morgan fingerprint density at radius 3 is 3.06 bits per heavy atom. The second-order valence-electron chi connectivity index (χ2n) is 4.69. The minimum absolute atomic E-state index is 0.0807. The molecule has 1 aromatic heterocycles. The van der Waals surface area contributed by atoms with Crippen LogP contribution in [0.5, 0.6) is 0 Å². The lowest BCUT2D eigenvalue weighted by atomic mass is 9.94. The van der Waals surface area contributed by atoms with Crippen LogP contribution in [0.25, 0.3) is 0 Å². The quantitative estimate of drug-likeness (QED) is 0.882. The number of imidazole rings is 1. The molecule has 0 aliphatic heterocycles. The summed E-state index contributed by atoms with van der Waals surface area (Å²) in [7, 11) is 0. The van der Waals surface area contributed by atoms with Gasteiger partial charge < -0.3 is 10.3 Å². The molecule has 2 rings (SSSR count). The number of hydrogen-bond acceptors (Lipinski definition) is 3. The van der Waals surface area contributed by atoms with E-state index >= 15 is 0 Å². The molecule has 0 amide bonds. The largest absolute Gasteiger partial charge is 0.330 e. The van der Waals surface area contributed by atoms with Crippen LogP contribution in [0, 0.1) is 0 Å². The van der Waals surface area contributed by atoms with Crippen molar-refractivity contribution in [3.63, 3.8) is 0 Å². The van der Waals surface area contributed by atoms with E-state index in [1.165, 1.54) is 31.4 Å². The lowest BCUT2D eigenvalue weighted by Crippen LogP contribution is -2.23. The summed E-state index contributed by atoms with van der Waals surface area (Å²) in [6.07, 6.45) is 11.3. The molecule has 2 unspecified atom stereocenters. The monoisotopic (exact) mass is 239 g/mol. The molecule has 4 heteroatoms. The summed E-state index contributed by atoms with van der Waals surface area (Å²) in [5.41, 5.74) is 7.14. The molecule has 1 aliphatic rings. The van der Waals surface area contributed by atoms with E-state index in [2.05, 4.69) is 15.8 Å². The molecule has 2 N–H and O–H groups in total. The lowest BCUT2D eigenvalue weighted by Gasteiger charge is -2.30. The highest BCUT2D eigenvalue weighted by molar-refractivity contribution is 7.99. The molecule has 1 aliphatic carbocycles. The van der Waals surface area contributed by atoms with Gasteiger partial charge in [0.25, 0.3) is 0 Å². The van der Waals surface area contributed by atoms with Gasteiger partial charge in [-0.3, -0.25) is 0 Å². The van der Waals surface area contributed by atoms with Crippen LogP contribution in [0.1, 0.15) is 50.4 Å². The Labute approximate surface area is 102 Å². The molecule has 0 aromatic carbocycles. The van der Waals surface area contributed by atoms with Crippen molar-refractivity contribution in [1.82, 2.24) is 9.55 Å². The van der Waals surface area contributed by atoms with Crippen LogP contribution in [-0.4, -0.2) is 21.1 Å². The maximum Gasteiger partial charge on any atom is 0.0951 e. The van der Waals surface area contributed by atoms with Gasteiger partial charge in [-0.15, -0.1) is 0 Å². The second-order valence-corrected chi connectivity index (χ2v) is 5.83. The molecular weight excluding hydrogens is 218 g/mol. The van der Waals surface area contributed by atoms with E-state index in [1.807, 2.05) is 31.2 Å². The number of rotatable bonds is 3. The fourth-order valence-corrected chi connectivity index (χ4v) is 3.38. The number of nitrogens with two attached hydrogens (primary N) is 1. The summed E-state index contributed by atoms with van der Waals surface area (Å²) in [5, 5.41) is 0.807. The third kappa shape index (κ3) is 2.43. The zero-order valence-electron chi connectivity index (χ0n) is 10.1.